The van der Waals surface area contributed by atoms with Crippen LogP contribution >= 0.6 is 11.3 Å². The van der Waals surface area contributed by atoms with Crippen LogP contribution in [0.15, 0.2) is 53.6 Å². The van der Waals surface area contributed by atoms with Crippen LogP contribution in [-0.4, -0.2) is 47.8 Å². The Balaban J connectivity index is 1.63. The van der Waals surface area contributed by atoms with Gasteiger partial charge in [-0.05, 0) is 36.4 Å². The van der Waals surface area contributed by atoms with Gasteiger partial charge in [-0.3, -0.25) is 5.41 Å². The Bertz CT molecular complexity index is 1220. The Morgan fingerprint density at radius 1 is 1.16 bits per heavy atom. The number of hydrogen-bond donors (Lipinski definition) is 3. The van der Waals surface area contributed by atoms with Crippen LogP contribution in [0, 0.1) is 5.41 Å². The number of carboxylic acid groups (broad SMARTS) is 1. The van der Waals surface area contributed by atoms with Gasteiger partial charge in [-0.15, -0.1) is 11.3 Å². The lowest BCUT2D eigenvalue weighted by atomic mass is 10.1. The second-order valence-corrected chi connectivity index (χ2v) is 7.58. The van der Waals surface area contributed by atoms with Gasteiger partial charge in [0, 0.05) is 16.6 Å². The van der Waals surface area contributed by atoms with E-state index in [1.165, 1.54) is 23.5 Å². The summed E-state index contributed by atoms with van der Waals surface area (Å²) >= 11 is 1.32. The molecule has 0 saturated heterocycles. The third-order valence-corrected chi connectivity index (χ3v) is 5.77. The average Bonchev–Trinajstić information content (AvgIpc) is 3.37. The fourth-order valence-electron chi connectivity index (χ4n) is 3.35. The molecule has 0 bridgehead atoms. The standard InChI is InChI=1S/C22H19N3O5S/c1-29-17-7-6-12(9-18(17)30-2)15-11-31-21(24-15)19-16(26)10-25(20(19)23)14-5-3-4-13(8-14)22(27)28/h3-9,11,23,26H,10H2,1-2H3,(H,27,28). The normalized spacial score (nSPS) is 13.6. The van der Waals surface area contributed by atoms with E-state index in [1.54, 1.807) is 37.3 Å². The van der Waals surface area contributed by atoms with E-state index in [1.807, 2.05) is 17.5 Å². The Morgan fingerprint density at radius 3 is 2.65 bits per heavy atom. The average molecular weight is 437 g/mol. The van der Waals surface area contributed by atoms with Gasteiger partial charge in [-0.1, -0.05) is 6.07 Å². The van der Waals surface area contributed by atoms with Crippen molar-refractivity contribution in [3.05, 3.63) is 64.2 Å². The Hall–Kier alpha value is -3.85. The molecule has 0 saturated carbocycles. The maximum atomic E-state index is 11.3. The molecule has 0 amide bonds. The number of ether oxygens (including phenoxy) is 2. The smallest absolute Gasteiger partial charge is 0.335 e. The summed E-state index contributed by atoms with van der Waals surface area (Å²) in [6.07, 6.45) is 0. The van der Waals surface area contributed by atoms with Gasteiger partial charge >= 0.3 is 5.97 Å². The minimum atomic E-state index is -1.05. The van der Waals surface area contributed by atoms with E-state index >= 15 is 0 Å². The molecule has 0 unspecified atom stereocenters. The van der Waals surface area contributed by atoms with E-state index in [4.69, 9.17) is 14.9 Å². The number of thiazole rings is 1. The number of rotatable bonds is 6. The number of amidine groups is 1. The van der Waals surface area contributed by atoms with Crippen LogP contribution in [0.4, 0.5) is 5.69 Å². The van der Waals surface area contributed by atoms with Crippen molar-refractivity contribution in [1.82, 2.24) is 4.98 Å². The minimum absolute atomic E-state index is 0.0129. The monoisotopic (exact) mass is 437 g/mol. The number of carboxylic acids is 1. The lowest BCUT2D eigenvalue weighted by Crippen LogP contribution is -2.26. The number of aliphatic hydroxyl groups is 1. The molecule has 158 valence electrons. The second-order valence-electron chi connectivity index (χ2n) is 6.72. The van der Waals surface area contributed by atoms with E-state index in [0.29, 0.717) is 33.5 Å². The van der Waals surface area contributed by atoms with Crippen LogP contribution in [0.2, 0.25) is 0 Å². The number of aliphatic hydroxyl groups excluding tert-OH is 1. The second kappa shape index (κ2) is 8.11. The zero-order valence-corrected chi connectivity index (χ0v) is 17.6. The van der Waals surface area contributed by atoms with Gasteiger partial charge in [0.05, 0.1) is 37.6 Å². The van der Waals surface area contributed by atoms with Crippen LogP contribution < -0.4 is 14.4 Å². The molecule has 4 rings (SSSR count). The first-order chi connectivity index (χ1) is 14.9. The fourth-order valence-corrected chi connectivity index (χ4v) is 4.24. The van der Waals surface area contributed by atoms with Crippen molar-refractivity contribution >= 4 is 34.4 Å². The van der Waals surface area contributed by atoms with Crippen molar-refractivity contribution in [3.8, 4) is 22.8 Å². The maximum absolute atomic E-state index is 11.3. The van der Waals surface area contributed by atoms with Crippen molar-refractivity contribution in [2.45, 2.75) is 0 Å². The fraction of sp³-hybridized carbons (Fsp3) is 0.136. The van der Waals surface area contributed by atoms with Crippen LogP contribution in [0.3, 0.4) is 0 Å². The summed E-state index contributed by atoms with van der Waals surface area (Å²) in [5, 5.41) is 30.7. The molecule has 8 nitrogen and oxygen atoms in total. The lowest BCUT2D eigenvalue weighted by Gasteiger charge is -2.18. The van der Waals surface area contributed by atoms with Gasteiger partial charge in [0.2, 0.25) is 0 Å². The van der Waals surface area contributed by atoms with Crippen molar-refractivity contribution < 1.29 is 24.5 Å². The van der Waals surface area contributed by atoms with Crippen LogP contribution in [0.5, 0.6) is 11.5 Å². The first kappa shape index (κ1) is 20.4. The topological polar surface area (TPSA) is 116 Å². The van der Waals surface area contributed by atoms with E-state index in [2.05, 4.69) is 4.98 Å². The highest BCUT2D eigenvalue weighted by Crippen LogP contribution is 2.36. The van der Waals surface area contributed by atoms with Crippen molar-refractivity contribution in [2.75, 3.05) is 25.7 Å². The summed E-state index contributed by atoms with van der Waals surface area (Å²) < 4.78 is 10.6. The van der Waals surface area contributed by atoms with Crippen LogP contribution in [0.1, 0.15) is 15.4 Å². The van der Waals surface area contributed by atoms with Crippen molar-refractivity contribution in [2.24, 2.45) is 0 Å². The molecule has 2 heterocycles. The molecule has 0 atom stereocenters. The van der Waals surface area contributed by atoms with Gasteiger partial charge in [0.15, 0.2) is 11.5 Å². The highest BCUT2D eigenvalue weighted by atomic mass is 32.1. The predicted molar refractivity (Wildman–Crippen MR) is 119 cm³/mol. The predicted octanol–water partition coefficient (Wildman–Crippen LogP) is 4.29. The Labute approximate surface area is 182 Å². The molecule has 1 aromatic heterocycles. The zero-order valence-electron chi connectivity index (χ0n) is 16.7. The Morgan fingerprint density at radius 2 is 1.94 bits per heavy atom. The van der Waals surface area contributed by atoms with Crippen LogP contribution in [-0.2, 0) is 0 Å². The summed E-state index contributed by atoms with van der Waals surface area (Å²) in [6, 6.07) is 11.7. The lowest BCUT2D eigenvalue weighted by molar-refractivity contribution is 0.0697. The highest BCUT2D eigenvalue weighted by molar-refractivity contribution is 7.11. The van der Waals surface area contributed by atoms with Crippen LogP contribution in [0.25, 0.3) is 16.8 Å². The molecule has 3 aromatic rings. The minimum Gasteiger partial charge on any atom is -0.510 e. The molecule has 1 aliphatic heterocycles. The van der Waals surface area contributed by atoms with Gasteiger partial charge in [0.25, 0.3) is 0 Å². The molecule has 3 N–H and O–H groups in total. The number of nitrogens with one attached hydrogen (secondary N) is 1. The van der Waals surface area contributed by atoms with E-state index < -0.39 is 5.97 Å². The Kier molecular flexibility index (Phi) is 5.35. The largest absolute Gasteiger partial charge is 0.510 e. The van der Waals surface area contributed by atoms with Gasteiger partial charge < -0.3 is 24.6 Å². The summed E-state index contributed by atoms with van der Waals surface area (Å²) in [6.45, 7) is 0.0719. The molecular formula is C22H19N3O5S. The first-order valence-corrected chi connectivity index (χ1v) is 10.1. The van der Waals surface area contributed by atoms with Crippen molar-refractivity contribution in [3.63, 3.8) is 0 Å². The molecule has 0 radical (unpaired) electrons. The SMILES string of the molecule is COc1ccc(-c2csc(C3=C(O)CN(c4cccc(C(=O)O)c4)C3=N)n2)cc1OC. The molecule has 0 fully saturated rings. The number of aromatic nitrogens is 1. The number of aromatic carboxylic acids is 1. The summed E-state index contributed by atoms with van der Waals surface area (Å²) in [7, 11) is 3.13. The highest BCUT2D eigenvalue weighted by Gasteiger charge is 2.31. The van der Waals surface area contributed by atoms with Gasteiger partial charge in [-0.2, -0.15) is 0 Å². The molecular weight excluding hydrogens is 418 g/mol. The molecule has 9 heteroatoms. The van der Waals surface area contributed by atoms with Gasteiger partial charge in [-0.25, -0.2) is 9.78 Å². The number of carbonyl (C=O) groups is 1. The van der Waals surface area contributed by atoms with E-state index in [-0.39, 0.29) is 23.7 Å². The quantitative estimate of drug-likeness (QED) is 0.527. The maximum Gasteiger partial charge on any atom is 0.335 e. The first-order valence-electron chi connectivity index (χ1n) is 9.23. The number of anilines is 1. The number of nitrogens with zero attached hydrogens (tertiary/aromatic N) is 2. The van der Waals surface area contributed by atoms with Gasteiger partial charge in [0.1, 0.15) is 16.6 Å². The summed E-state index contributed by atoms with van der Waals surface area (Å²) in [5.74, 6) is 0.213. The molecule has 2 aromatic carbocycles. The third-order valence-electron chi connectivity index (χ3n) is 4.91. The molecule has 1 aliphatic rings. The number of methoxy groups -OCH3 is 2. The van der Waals surface area contributed by atoms with E-state index in [9.17, 15) is 15.0 Å². The molecule has 31 heavy (non-hydrogen) atoms. The van der Waals surface area contributed by atoms with E-state index in [0.717, 1.165) is 5.56 Å². The molecule has 0 aliphatic carbocycles. The summed E-state index contributed by atoms with van der Waals surface area (Å²) in [5.41, 5.74) is 2.46. The zero-order chi connectivity index (χ0) is 22.1. The third kappa shape index (κ3) is 3.71. The van der Waals surface area contributed by atoms with Crippen molar-refractivity contribution in [1.29, 1.82) is 5.41 Å². The number of hydrogen-bond acceptors (Lipinski definition) is 7. The number of benzene rings is 2. The molecule has 0 spiro atoms. The summed E-state index contributed by atoms with van der Waals surface area (Å²) in [4.78, 5) is 17.4.